The van der Waals surface area contributed by atoms with Gasteiger partial charge in [-0.05, 0) is 11.6 Å². The van der Waals surface area contributed by atoms with Gasteiger partial charge < -0.3 is 5.73 Å². The van der Waals surface area contributed by atoms with Gasteiger partial charge in [-0.15, -0.1) is 6.42 Å². The van der Waals surface area contributed by atoms with Crippen molar-refractivity contribution < 1.29 is 13.2 Å². The van der Waals surface area contributed by atoms with Crippen molar-refractivity contribution in [2.75, 3.05) is 0 Å². The Labute approximate surface area is 79.7 Å². The molecular formula is C10H8F3N. The van der Waals surface area contributed by atoms with Crippen LogP contribution < -0.4 is 5.73 Å². The van der Waals surface area contributed by atoms with E-state index in [9.17, 15) is 13.2 Å². The van der Waals surface area contributed by atoms with Crippen LogP contribution >= 0.6 is 0 Å². The molecule has 0 aromatic heterocycles. The molecule has 0 amide bonds. The minimum Gasteiger partial charge on any atom is -0.314 e. The lowest BCUT2D eigenvalue weighted by molar-refractivity contribution is -0.138. The third kappa shape index (κ3) is 2.06. The summed E-state index contributed by atoms with van der Waals surface area (Å²) in [5.41, 5.74) is 4.52. The zero-order chi connectivity index (χ0) is 10.8. The standard InChI is InChI=1S/C10H8F3N/c1-2-9(14)7-5-3-4-6-8(7)10(11,12)13/h1,3-6,9H,14H2/t9-/m1/s1. The number of terminal acetylenes is 1. The predicted octanol–water partition coefficient (Wildman–Crippen LogP) is 2.34. The van der Waals surface area contributed by atoms with Gasteiger partial charge in [0.1, 0.15) is 0 Å². The van der Waals surface area contributed by atoms with Gasteiger partial charge >= 0.3 is 6.18 Å². The Morgan fingerprint density at radius 1 is 1.29 bits per heavy atom. The van der Waals surface area contributed by atoms with Crippen molar-refractivity contribution in [3.63, 3.8) is 0 Å². The first kappa shape index (κ1) is 10.6. The van der Waals surface area contributed by atoms with Crippen LogP contribution in [0.25, 0.3) is 0 Å². The molecule has 0 aliphatic carbocycles. The number of nitrogens with two attached hydrogens (primary N) is 1. The van der Waals surface area contributed by atoms with Gasteiger partial charge in [-0.2, -0.15) is 13.2 Å². The lowest BCUT2D eigenvalue weighted by Crippen LogP contribution is -2.15. The quantitative estimate of drug-likeness (QED) is 0.690. The van der Waals surface area contributed by atoms with E-state index < -0.39 is 17.8 Å². The molecule has 0 aliphatic rings. The molecule has 0 unspecified atom stereocenters. The molecule has 14 heavy (non-hydrogen) atoms. The van der Waals surface area contributed by atoms with Crippen molar-refractivity contribution in [1.82, 2.24) is 0 Å². The number of benzene rings is 1. The SMILES string of the molecule is C#C[C@@H](N)c1ccccc1C(F)(F)F. The van der Waals surface area contributed by atoms with Gasteiger partial charge in [-0.25, -0.2) is 0 Å². The van der Waals surface area contributed by atoms with Crippen LogP contribution in [0.15, 0.2) is 24.3 Å². The molecule has 1 atom stereocenters. The fourth-order valence-electron chi connectivity index (χ4n) is 1.12. The van der Waals surface area contributed by atoms with Crippen LogP contribution in [-0.2, 0) is 6.18 Å². The van der Waals surface area contributed by atoms with E-state index in [-0.39, 0.29) is 5.56 Å². The largest absolute Gasteiger partial charge is 0.416 e. The molecule has 0 aliphatic heterocycles. The number of hydrogen-bond donors (Lipinski definition) is 1. The van der Waals surface area contributed by atoms with Crippen molar-refractivity contribution in [3.8, 4) is 12.3 Å². The number of hydrogen-bond acceptors (Lipinski definition) is 1. The topological polar surface area (TPSA) is 26.0 Å². The Kier molecular flexibility index (Phi) is 2.82. The first-order valence-corrected chi connectivity index (χ1v) is 3.84. The van der Waals surface area contributed by atoms with E-state index in [1.165, 1.54) is 18.2 Å². The smallest absolute Gasteiger partial charge is 0.314 e. The summed E-state index contributed by atoms with van der Waals surface area (Å²) in [6.45, 7) is 0. The van der Waals surface area contributed by atoms with E-state index in [0.29, 0.717) is 0 Å². The van der Waals surface area contributed by atoms with Gasteiger partial charge in [-0.1, -0.05) is 24.1 Å². The van der Waals surface area contributed by atoms with Crippen molar-refractivity contribution in [3.05, 3.63) is 35.4 Å². The Morgan fingerprint density at radius 2 is 1.86 bits per heavy atom. The molecule has 74 valence electrons. The average molecular weight is 199 g/mol. The summed E-state index contributed by atoms with van der Waals surface area (Å²) in [5.74, 6) is 2.07. The molecule has 2 N–H and O–H groups in total. The maximum atomic E-state index is 12.4. The molecule has 1 aromatic carbocycles. The highest BCUT2D eigenvalue weighted by Crippen LogP contribution is 2.33. The highest BCUT2D eigenvalue weighted by atomic mass is 19.4. The second-order valence-corrected chi connectivity index (χ2v) is 2.73. The minimum absolute atomic E-state index is 0.0671. The van der Waals surface area contributed by atoms with E-state index in [0.717, 1.165) is 6.07 Å². The first-order chi connectivity index (χ1) is 6.46. The fourth-order valence-corrected chi connectivity index (χ4v) is 1.12. The lowest BCUT2D eigenvalue weighted by atomic mass is 10.0. The van der Waals surface area contributed by atoms with Crippen molar-refractivity contribution in [2.45, 2.75) is 12.2 Å². The fraction of sp³-hybridized carbons (Fsp3) is 0.200. The highest BCUT2D eigenvalue weighted by molar-refractivity contribution is 5.35. The first-order valence-electron chi connectivity index (χ1n) is 3.84. The highest BCUT2D eigenvalue weighted by Gasteiger charge is 2.33. The van der Waals surface area contributed by atoms with Gasteiger partial charge in [-0.3, -0.25) is 0 Å². The summed E-state index contributed by atoms with van der Waals surface area (Å²) in [7, 11) is 0. The zero-order valence-corrected chi connectivity index (χ0v) is 7.18. The van der Waals surface area contributed by atoms with Gasteiger partial charge in [0, 0.05) is 0 Å². The molecule has 1 nitrogen and oxygen atoms in total. The van der Waals surface area contributed by atoms with E-state index in [1.807, 2.05) is 0 Å². The molecule has 0 saturated carbocycles. The van der Waals surface area contributed by atoms with Crippen LogP contribution in [0.1, 0.15) is 17.2 Å². The van der Waals surface area contributed by atoms with Gasteiger partial charge in [0.25, 0.3) is 0 Å². The number of alkyl halides is 3. The number of halogens is 3. The molecular weight excluding hydrogens is 191 g/mol. The molecule has 1 aromatic rings. The van der Waals surface area contributed by atoms with E-state index in [2.05, 4.69) is 5.92 Å². The van der Waals surface area contributed by atoms with Gasteiger partial charge in [0.05, 0.1) is 11.6 Å². The molecule has 4 heteroatoms. The monoisotopic (exact) mass is 199 g/mol. The van der Waals surface area contributed by atoms with E-state index in [1.54, 1.807) is 0 Å². The summed E-state index contributed by atoms with van der Waals surface area (Å²) in [6, 6.07) is 4.00. The van der Waals surface area contributed by atoms with Crippen LogP contribution in [0.2, 0.25) is 0 Å². The summed E-state index contributed by atoms with van der Waals surface area (Å²) in [5, 5.41) is 0. The molecule has 0 spiro atoms. The third-order valence-electron chi connectivity index (χ3n) is 1.78. The summed E-state index contributed by atoms with van der Waals surface area (Å²) < 4.78 is 37.3. The summed E-state index contributed by atoms with van der Waals surface area (Å²) in [4.78, 5) is 0. The van der Waals surface area contributed by atoms with Crippen LogP contribution in [0.5, 0.6) is 0 Å². The predicted molar refractivity (Wildman–Crippen MR) is 47.2 cm³/mol. The van der Waals surface area contributed by atoms with E-state index >= 15 is 0 Å². The van der Waals surface area contributed by atoms with Crippen molar-refractivity contribution in [1.29, 1.82) is 0 Å². The summed E-state index contributed by atoms with van der Waals surface area (Å²) >= 11 is 0. The van der Waals surface area contributed by atoms with Crippen LogP contribution in [-0.4, -0.2) is 0 Å². The third-order valence-corrected chi connectivity index (χ3v) is 1.78. The van der Waals surface area contributed by atoms with Crippen molar-refractivity contribution in [2.24, 2.45) is 5.73 Å². The molecule has 1 rings (SSSR count). The van der Waals surface area contributed by atoms with Gasteiger partial charge in [0.15, 0.2) is 0 Å². The maximum absolute atomic E-state index is 12.4. The Morgan fingerprint density at radius 3 is 2.36 bits per heavy atom. The normalized spacial score (nSPS) is 13.4. The van der Waals surface area contributed by atoms with Crippen LogP contribution in [0.4, 0.5) is 13.2 Å². The van der Waals surface area contributed by atoms with Crippen molar-refractivity contribution >= 4 is 0 Å². The lowest BCUT2D eigenvalue weighted by Gasteiger charge is -2.14. The summed E-state index contributed by atoms with van der Waals surface area (Å²) in [6.07, 6.45) is 0.562. The Hall–Kier alpha value is -1.47. The van der Waals surface area contributed by atoms with Crippen LogP contribution in [0.3, 0.4) is 0 Å². The Balaban J connectivity index is 3.25. The molecule has 0 heterocycles. The maximum Gasteiger partial charge on any atom is 0.416 e. The molecule has 0 fully saturated rings. The molecule has 0 radical (unpaired) electrons. The second-order valence-electron chi connectivity index (χ2n) is 2.73. The average Bonchev–Trinajstić information content (AvgIpc) is 2.15. The number of rotatable bonds is 1. The minimum atomic E-state index is -4.41. The van der Waals surface area contributed by atoms with E-state index in [4.69, 9.17) is 12.2 Å². The molecule has 0 saturated heterocycles. The zero-order valence-electron chi connectivity index (χ0n) is 7.18. The second kappa shape index (κ2) is 3.72. The Bertz CT molecular complexity index is 362. The molecule has 0 bridgehead atoms. The van der Waals surface area contributed by atoms with Gasteiger partial charge in [0.2, 0.25) is 0 Å². The van der Waals surface area contributed by atoms with Crippen LogP contribution in [0, 0.1) is 12.3 Å².